The van der Waals surface area contributed by atoms with Crippen LogP contribution in [-0.4, -0.2) is 29.6 Å². The Kier molecular flexibility index (Phi) is 5.96. The van der Waals surface area contributed by atoms with E-state index in [1.165, 1.54) is 6.42 Å². The molecule has 0 aromatic heterocycles. The van der Waals surface area contributed by atoms with E-state index in [0.717, 1.165) is 37.2 Å². The van der Waals surface area contributed by atoms with Gasteiger partial charge in [-0.25, -0.2) is 5.43 Å². The molecule has 2 aliphatic heterocycles. The summed E-state index contributed by atoms with van der Waals surface area (Å²) in [4.78, 5) is 15.0. The average molecular weight is 454 g/mol. The molecule has 3 N–H and O–H groups in total. The Bertz CT molecular complexity index is 901. The molecule has 2 fully saturated rings. The summed E-state index contributed by atoms with van der Waals surface area (Å²) in [6.45, 7) is 1.65. The van der Waals surface area contributed by atoms with Gasteiger partial charge in [0, 0.05) is 29.6 Å². The van der Waals surface area contributed by atoms with E-state index in [-0.39, 0.29) is 11.9 Å². The highest BCUT2D eigenvalue weighted by molar-refractivity contribution is 6.36. The number of rotatable bonds is 4. The summed E-state index contributed by atoms with van der Waals surface area (Å²) in [5.41, 5.74) is 10.2. The zero-order valence-electron chi connectivity index (χ0n) is 15.9. The minimum absolute atomic E-state index is 0.152. The van der Waals surface area contributed by atoms with E-state index in [4.69, 9.17) is 40.5 Å². The largest absolute Gasteiger partial charge is 0.367 e. The first-order valence-corrected chi connectivity index (χ1v) is 10.9. The minimum atomic E-state index is -0.978. The van der Waals surface area contributed by atoms with Crippen molar-refractivity contribution in [3.8, 4) is 0 Å². The molecule has 5 nitrogen and oxygen atoms in total. The summed E-state index contributed by atoms with van der Waals surface area (Å²) in [5.74, 6) is -0.383. The van der Waals surface area contributed by atoms with Crippen molar-refractivity contribution in [2.45, 2.75) is 37.4 Å². The predicted octanol–water partition coefficient (Wildman–Crippen LogP) is 4.77. The molecule has 2 heterocycles. The van der Waals surface area contributed by atoms with Crippen LogP contribution in [0.1, 0.15) is 37.3 Å². The van der Waals surface area contributed by atoms with Crippen LogP contribution in [0.3, 0.4) is 0 Å². The SMILES string of the molecule is NC(=O)C1(N2CCCCC2)CC(c2ccc(Cl)cc2)N(c2ccc(Cl)cc2Cl)N1. The van der Waals surface area contributed by atoms with Crippen LogP contribution in [-0.2, 0) is 4.79 Å². The average Bonchev–Trinajstić information content (AvgIpc) is 3.11. The fourth-order valence-corrected chi connectivity index (χ4v) is 4.96. The third-order valence-electron chi connectivity index (χ3n) is 5.83. The molecular weight excluding hydrogens is 431 g/mol. The van der Waals surface area contributed by atoms with Gasteiger partial charge in [-0.05, 0) is 48.7 Å². The van der Waals surface area contributed by atoms with Crippen molar-refractivity contribution in [2.75, 3.05) is 18.1 Å². The van der Waals surface area contributed by atoms with Crippen LogP contribution in [0.25, 0.3) is 0 Å². The fourth-order valence-electron chi connectivity index (χ4n) is 4.34. The number of amides is 1. The van der Waals surface area contributed by atoms with Crippen molar-refractivity contribution in [1.82, 2.24) is 10.3 Å². The van der Waals surface area contributed by atoms with Crippen molar-refractivity contribution < 1.29 is 4.79 Å². The summed E-state index contributed by atoms with van der Waals surface area (Å²) in [5, 5.41) is 3.66. The van der Waals surface area contributed by atoms with Crippen LogP contribution in [0.5, 0.6) is 0 Å². The number of carbonyl (C=O) groups excluding carboxylic acids is 1. The number of nitrogens with two attached hydrogens (primary N) is 1. The number of carbonyl (C=O) groups is 1. The van der Waals surface area contributed by atoms with Gasteiger partial charge in [0.05, 0.1) is 16.8 Å². The van der Waals surface area contributed by atoms with E-state index in [2.05, 4.69) is 10.3 Å². The quantitative estimate of drug-likeness (QED) is 0.700. The lowest BCUT2D eigenvalue weighted by Gasteiger charge is -2.41. The van der Waals surface area contributed by atoms with E-state index < -0.39 is 5.66 Å². The van der Waals surface area contributed by atoms with E-state index in [0.29, 0.717) is 21.5 Å². The van der Waals surface area contributed by atoms with Crippen LogP contribution in [0.15, 0.2) is 42.5 Å². The molecule has 0 spiro atoms. The first kappa shape index (κ1) is 20.8. The molecule has 8 heteroatoms. The Balaban J connectivity index is 1.79. The van der Waals surface area contributed by atoms with Gasteiger partial charge in [0.15, 0.2) is 5.66 Å². The van der Waals surface area contributed by atoms with Crippen LogP contribution in [0.4, 0.5) is 5.69 Å². The van der Waals surface area contributed by atoms with Crippen LogP contribution >= 0.6 is 34.8 Å². The number of piperidine rings is 1. The highest BCUT2D eigenvalue weighted by Gasteiger charge is 2.53. The van der Waals surface area contributed by atoms with Gasteiger partial charge in [-0.15, -0.1) is 0 Å². The summed E-state index contributed by atoms with van der Waals surface area (Å²) >= 11 is 18.7. The minimum Gasteiger partial charge on any atom is -0.367 e. The maximum Gasteiger partial charge on any atom is 0.254 e. The van der Waals surface area contributed by atoms with Gasteiger partial charge in [-0.2, -0.15) is 0 Å². The highest BCUT2D eigenvalue weighted by Crippen LogP contribution is 2.43. The molecule has 2 unspecified atom stereocenters. The smallest absolute Gasteiger partial charge is 0.254 e. The van der Waals surface area contributed by atoms with E-state index >= 15 is 0 Å². The lowest BCUT2D eigenvalue weighted by molar-refractivity contribution is -0.132. The molecule has 2 aromatic carbocycles. The second-order valence-electron chi connectivity index (χ2n) is 7.62. The Hall–Kier alpha value is -1.50. The standard InChI is InChI=1S/C21H23Cl3N4O/c22-15-6-4-14(5-7-15)19-13-21(20(25)29,27-10-2-1-3-11-27)26-28(19)18-9-8-16(23)12-17(18)24/h4-9,12,19,26H,1-3,10-11,13H2,(H2,25,29). The number of hydrogen-bond acceptors (Lipinski definition) is 4. The molecule has 29 heavy (non-hydrogen) atoms. The van der Waals surface area contributed by atoms with Crippen molar-refractivity contribution >= 4 is 46.4 Å². The van der Waals surface area contributed by atoms with Gasteiger partial charge < -0.3 is 5.73 Å². The second-order valence-corrected chi connectivity index (χ2v) is 8.90. The number of halogens is 3. The molecule has 2 aromatic rings. The molecule has 0 saturated carbocycles. The van der Waals surface area contributed by atoms with E-state index in [1.807, 2.05) is 35.3 Å². The summed E-state index contributed by atoms with van der Waals surface area (Å²) in [6.07, 6.45) is 3.76. The first-order valence-electron chi connectivity index (χ1n) is 9.73. The Morgan fingerprint density at radius 2 is 1.66 bits per heavy atom. The summed E-state index contributed by atoms with van der Waals surface area (Å²) in [7, 11) is 0. The summed E-state index contributed by atoms with van der Waals surface area (Å²) in [6, 6.07) is 12.8. The van der Waals surface area contributed by atoms with Gasteiger partial charge in [0.2, 0.25) is 0 Å². The molecule has 2 saturated heterocycles. The number of anilines is 1. The number of benzene rings is 2. The molecule has 0 radical (unpaired) electrons. The maximum absolute atomic E-state index is 12.8. The Labute approximate surface area is 185 Å². The van der Waals surface area contributed by atoms with Crippen molar-refractivity contribution in [1.29, 1.82) is 0 Å². The van der Waals surface area contributed by atoms with Crippen LogP contribution < -0.4 is 16.2 Å². The third kappa shape index (κ3) is 3.94. The lowest BCUT2D eigenvalue weighted by atomic mass is 9.93. The number of hydrazine groups is 1. The van der Waals surface area contributed by atoms with Crippen molar-refractivity contribution in [2.24, 2.45) is 5.73 Å². The molecule has 1 amide bonds. The first-order chi connectivity index (χ1) is 13.9. The number of nitrogens with zero attached hydrogens (tertiary/aromatic N) is 2. The van der Waals surface area contributed by atoms with Crippen LogP contribution in [0, 0.1) is 0 Å². The Morgan fingerprint density at radius 1 is 1.00 bits per heavy atom. The topological polar surface area (TPSA) is 61.6 Å². The lowest BCUT2D eigenvalue weighted by Crippen LogP contribution is -2.66. The number of hydrogen-bond donors (Lipinski definition) is 2. The van der Waals surface area contributed by atoms with Gasteiger partial charge in [-0.1, -0.05) is 53.4 Å². The maximum atomic E-state index is 12.8. The molecular formula is C21H23Cl3N4O. The van der Waals surface area contributed by atoms with E-state index in [9.17, 15) is 4.79 Å². The third-order valence-corrected chi connectivity index (χ3v) is 6.62. The molecule has 0 aliphatic carbocycles. The van der Waals surface area contributed by atoms with Crippen LogP contribution in [0.2, 0.25) is 15.1 Å². The monoisotopic (exact) mass is 452 g/mol. The van der Waals surface area contributed by atoms with Crippen molar-refractivity contribution in [3.05, 3.63) is 63.1 Å². The zero-order chi connectivity index (χ0) is 20.6. The number of likely N-dealkylation sites (tertiary alicyclic amines) is 1. The number of primary amides is 1. The highest BCUT2D eigenvalue weighted by atomic mass is 35.5. The normalized spacial score (nSPS) is 25.3. The number of nitrogens with one attached hydrogen (secondary N) is 1. The van der Waals surface area contributed by atoms with Gasteiger partial charge >= 0.3 is 0 Å². The van der Waals surface area contributed by atoms with Gasteiger partial charge in [0.1, 0.15) is 0 Å². The van der Waals surface area contributed by atoms with Gasteiger partial charge in [0.25, 0.3) is 5.91 Å². The molecule has 2 atom stereocenters. The predicted molar refractivity (Wildman–Crippen MR) is 118 cm³/mol. The Morgan fingerprint density at radius 3 is 2.28 bits per heavy atom. The summed E-state index contributed by atoms with van der Waals surface area (Å²) < 4.78 is 0. The van der Waals surface area contributed by atoms with Gasteiger partial charge in [-0.3, -0.25) is 14.7 Å². The fraction of sp³-hybridized carbons (Fsp3) is 0.381. The van der Waals surface area contributed by atoms with Crippen molar-refractivity contribution in [3.63, 3.8) is 0 Å². The molecule has 154 valence electrons. The second kappa shape index (κ2) is 8.32. The molecule has 2 aliphatic rings. The zero-order valence-corrected chi connectivity index (χ0v) is 18.1. The van der Waals surface area contributed by atoms with E-state index in [1.54, 1.807) is 12.1 Å². The molecule has 4 rings (SSSR count). The molecule has 0 bridgehead atoms.